The van der Waals surface area contributed by atoms with Crippen molar-refractivity contribution in [1.29, 1.82) is 0 Å². The molecular formula is C31H28N2O2. The Bertz CT molecular complexity index is 1500. The highest BCUT2D eigenvalue weighted by molar-refractivity contribution is 5.86. The number of aromatic amines is 1. The lowest BCUT2D eigenvalue weighted by Crippen LogP contribution is -2.62. The summed E-state index contributed by atoms with van der Waals surface area (Å²) in [6.45, 7) is 2.00. The molecule has 1 aromatic heterocycles. The molecule has 174 valence electrons. The van der Waals surface area contributed by atoms with Crippen molar-refractivity contribution in [2.45, 2.75) is 36.8 Å². The fourth-order valence-electron chi connectivity index (χ4n) is 7.81. The van der Waals surface area contributed by atoms with E-state index in [1.54, 1.807) is 0 Å². The van der Waals surface area contributed by atoms with Gasteiger partial charge < -0.3 is 14.8 Å². The van der Waals surface area contributed by atoms with Crippen LogP contribution in [-0.4, -0.2) is 34.1 Å². The smallest absolute Gasteiger partial charge is 0.166 e. The molecule has 2 bridgehead atoms. The number of phenols is 1. The molecule has 2 aliphatic carbocycles. The topological polar surface area (TPSA) is 48.5 Å². The first-order valence-electron chi connectivity index (χ1n) is 12.8. The van der Waals surface area contributed by atoms with Gasteiger partial charge in [0.1, 0.15) is 6.10 Å². The monoisotopic (exact) mass is 460 g/mol. The van der Waals surface area contributed by atoms with Gasteiger partial charge in [-0.25, -0.2) is 0 Å². The summed E-state index contributed by atoms with van der Waals surface area (Å²) in [5.41, 5.74) is 7.66. The van der Waals surface area contributed by atoms with E-state index in [-0.39, 0.29) is 17.3 Å². The van der Waals surface area contributed by atoms with E-state index in [9.17, 15) is 5.11 Å². The van der Waals surface area contributed by atoms with Crippen LogP contribution in [0.25, 0.3) is 17.0 Å². The molecule has 2 N–H and O–H groups in total. The Morgan fingerprint density at radius 3 is 2.80 bits per heavy atom. The van der Waals surface area contributed by atoms with Crippen LogP contribution in [0.4, 0.5) is 0 Å². The van der Waals surface area contributed by atoms with Gasteiger partial charge in [0.05, 0.1) is 5.69 Å². The largest absolute Gasteiger partial charge is 0.504 e. The minimum Gasteiger partial charge on any atom is -0.504 e. The summed E-state index contributed by atoms with van der Waals surface area (Å²) in [5, 5.41) is 12.1. The van der Waals surface area contributed by atoms with Gasteiger partial charge in [0.25, 0.3) is 0 Å². The van der Waals surface area contributed by atoms with E-state index in [4.69, 9.17) is 4.74 Å². The average Bonchev–Trinajstić information content (AvgIpc) is 3.43. The number of para-hydroxylation sites is 1. The molecule has 2 aliphatic heterocycles. The first-order valence-corrected chi connectivity index (χ1v) is 12.8. The molecule has 3 heterocycles. The number of ether oxygens (including phenoxy) is 1. The fourth-order valence-corrected chi connectivity index (χ4v) is 7.81. The number of phenolic OH excluding ortho intramolecular Hbond substituents is 1. The number of hydrogen-bond acceptors (Lipinski definition) is 3. The second-order valence-corrected chi connectivity index (χ2v) is 10.7. The number of piperidine rings is 1. The number of fused-ring (bicyclic) bond motifs is 4. The van der Waals surface area contributed by atoms with Crippen LogP contribution in [-0.2, 0) is 18.3 Å². The van der Waals surface area contributed by atoms with Crippen LogP contribution < -0.4 is 4.74 Å². The standard InChI is InChI=1S/C31H28N2O2/c34-26-13-12-20-17-25-23-18-22-21-10-4-5-11-24(21)32-28(22)30-31(23,27(20)29(26)35-30)14-16-33(25)15-6-9-19-7-2-1-3-8-19/h1-13,23,25,30,32,34H,14-18H2/b9-6+/t23-,25+,30-,31-/m0/s1. The summed E-state index contributed by atoms with van der Waals surface area (Å²) in [6, 6.07) is 23.7. The van der Waals surface area contributed by atoms with Crippen molar-refractivity contribution < 1.29 is 9.84 Å². The molecule has 35 heavy (non-hydrogen) atoms. The molecule has 4 nitrogen and oxygen atoms in total. The summed E-state index contributed by atoms with van der Waals surface area (Å²) >= 11 is 0. The highest BCUT2D eigenvalue weighted by atomic mass is 16.5. The molecule has 0 unspecified atom stereocenters. The normalized spacial score (nSPS) is 28.2. The van der Waals surface area contributed by atoms with E-state index >= 15 is 0 Å². The van der Waals surface area contributed by atoms with Crippen molar-refractivity contribution in [1.82, 2.24) is 9.88 Å². The molecule has 4 aliphatic rings. The lowest BCUT2D eigenvalue weighted by Gasteiger charge is -2.57. The molecule has 0 radical (unpaired) electrons. The molecule has 1 spiro atoms. The average molecular weight is 461 g/mol. The van der Waals surface area contributed by atoms with Crippen LogP contribution in [0.1, 0.15) is 40.5 Å². The van der Waals surface area contributed by atoms with Crippen LogP contribution in [0.3, 0.4) is 0 Å². The molecule has 4 heteroatoms. The predicted octanol–water partition coefficient (Wildman–Crippen LogP) is 5.76. The highest BCUT2D eigenvalue weighted by Gasteiger charge is 2.65. The Morgan fingerprint density at radius 1 is 1.03 bits per heavy atom. The first-order chi connectivity index (χ1) is 17.2. The van der Waals surface area contributed by atoms with Crippen LogP contribution in [0.2, 0.25) is 0 Å². The molecule has 4 aromatic rings. The summed E-state index contributed by atoms with van der Waals surface area (Å²) in [6.07, 6.45) is 7.64. The summed E-state index contributed by atoms with van der Waals surface area (Å²) < 4.78 is 6.73. The van der Waals surface area contributed by atoms with E-state index < -0.39 is 0 Å². The van der Waals surface area contributed by atoms with Crippen LogP contribution in [0.15, 0.2) is 72.8 Å². The van der Waals surface area contributed by atoms with Gasteiger partial charge in [0.15, 0.2) is 11.5 Å². The second kappa shape index (κ2) is 7.02. The van der Waals surface area contributed by atoms with E-state index in [2.05, 4.69) is 82.7 Å². The van der Waals surface area contributed by atoms with Gasteiger partial charge in [-0.2, -0.15) is 0 Å². The van der Waals surface area contributed by atoms with E-state index in [0.717, 1.165) is 38.1 Å². The van der Waals surface area contributed by atoms with Gasteiger partial charge in [-0.15, -0.1) is 0 Å². The van der Waals surface area contributed by atoms with Gasteiger partial charge >= 0.3 is 0 Å². The van der Waals surface area contributed by atoms with Crippen LogP contribution >= 0.6 is 0 Å². The van der Waals surface area contributed by atoms with Gasteiger partial charge in [-0.05, 0) is 60.5 Å². The Hall–Kier alpha value is -3.50. The van der Waals surface area contributed by atoms with E-state index in [1.165, 1.54) is 38.9 Å². The Labute approximate surface area is 204 Å². The first kappa shape index (κ1) is 19.8. The molecule has 0 saturated carbocycles. The number of aromatic nitrogens is 1. The molecule has 0 amide bonds. The number of benzene rings is 3. The van der Waals surface area contributed by atoms with Gasteiger partial charge in [-0.1, -0.05) is 66.7 Å². The molecular weight excluding hydrogens is 432 g/mol. The van der Waals surface area contributed by atoms with E-state index in [1.807, 2.05) is 6.07 Å². The predicted molar refractivity (Wildman–Crippen MR) is 138 cm³/mol. The molecule has 1 saturated heterocycles. The number of nitrogens with one attached hydrogen (secondary N) is 1. The minimum absolute atomic E-state index is 0.0597. The summed E-state index contributed by atoms with van der Waals surface area (Å²) in [5.74, 6) is 1.49. The van der Waals surface area contributed by atoms with E-state index in [0.29, 0.717) is 12.0 Å². The van der Waals surface area contributed by atoms with Crippen molar-refractivity contribution in [3.8, 4) is 11.5 Å². The quantitative estimate of drug-likeness (QED) is 0.409. The number of rotatable bonds is 3. The lowest BCUT2D eigenvalue weighted by molar-refractivity contribution is -0.0310. The third-order valence-corrected chi connectivity index (χ3v) is 9.21. The van der Waals surface area contributed by atoms with Crippen molar-refractivity contribution in [3.05, 3.63) is 101 Å². The molecule has 4 atom stereocenters. The Kier molecular flexibility index (Phi) is 3.96. The van der Waals surface area contributed by atoms with Crippen molar-refractivity contribution in [2.24, 2.45) is 5.92 Å². The maximum atomic E-state index is 10.8. The number of hydrogen-bond donors (Lipinski definition) is 2. The van der Waals surface area contributed by atoms with Crippen molar-refractivity contribution in [2.75, 3.05) is 13.1 Å². The SMILES string of the molecule is Oc1ccc2c3c1O[C@H]1c4[nH]c5ccccc5c4C[C@H]4[C@@H](C2)N(C/C=C/c2ccccc2)CC[C@]314. The van der Waals surface area contributed by atoms with Crippen LogP contribution in [0, 0.1) is 5.92 Å². The third-order valence-electron chi connectivity index (χ3n) is 9.21. The van der Waals surface area contributed by atoms with Gasteiger partial charge in [-0.3, -0.25) is 4.90 Å². The van der Waals surface area contributed by atoms with Crippen molar-refractivity contribution >= 4 is 17.0 Å². The number of likely N-dealkylation sites (tertiary alicyclic amines) is 1. The Morgan fingerprint density at radius 2 is 1.89 bits per heavy atom. The lowest BCUT2D eigenvalue weighted by atomic mass is 9.51. The zero-order valence-electron chi connectivity index (χ0n) is 19.6. The minimum atomic E-state index is -0.0696. The van der Waals surface area contributed by atoms with Gasteiger partial charge in [0.2, 0.25) is 0 Å². The fraction of sp³-hybridized carbons (Fsp3) is 0.290. The zero-order valence-corrected chi connectivity index (χ0v) is 19.6. The second-order valence-electron chi connectivity index (χ2n) is 10.7. The number of nitrogens with zero attached hydrogens (tertiary/aromatic N) is 1. The molecule has 1 fully saturated rings. The zero-order chi connectivity index (χ0) is 23.1. The summed E-state index contributed by atoms with van der Waals surface area (Å²) in [4.78, 5) is 6.43. The third kappa shape index (κ3) is 2.55. The maximum absolute atomic E-state index is 10.8. The molecule has 3 aromatic carbocycles. The number of aromatic hydroxyl groups is 1. The molecule has 8 rings (SSSR count). The Balaban J connectivity index is 1.25. The van der Waals surface area contributed by atoms with Gasteiger partial charge in [0, 0.05) is 34.5 Å². The number of H-pyrrole nitrogens is 1. The summed E-state index contributed by atoms with van der Waals surface area (Å²) in [7, 11) is 0. The maximum Gasteiger partial charge on any atom is 0.166 e. The van der Waals surface area contributed by atoms with Crippen LogP contribution in [0.5, 0.6) is 11.5 Å². The van der Waals surface area contributed by atoms with Crippen molar-refractivity contribution in [3.63, 3.8) is 0 Å². The highest BCUT2D eigenvalue weighted by Crippen LogP contribution is 2.67.